The molecule has 0 atom stereocenters. The van der Waals surface area contributed by atoms with Gasteiger partial charge in [0.1, 0.15) is 27.8 Å². The minimum atomic E-state index is -0.684. The molecule has 2 heterocycles. The van der Waals surface area contributed by atoms with Crippen LogP contribution in [-0.4, -0.2) is 45.3 Å². The molecular formula is C19H24N4O7S. The number of thiophene rings is 1. The molecule has 1 amide bonds. The van der Waals surface area contributed by atoms with Crippen molar-refractivity contribution in [1.82, 2.24) is 9.78 Å². The van der Waals surface area contributed by atoms with Gasteiger partial charge >= 0.3 is 17.6 Å². The van der Waals surface area contributed by atoms with Crippen LogP contribution in [0.25, 0.3) is 0 Å². The molecule has 2 rings (SSSR count). The van der Waals surface area contributed by atoms with Crippen LogP contribution in [-0.2, 0) is 20.8 Å². The third kappa shape index (κ3) is 5.26. The fourth-order valence-corrected chi connectivity index (χ4v) is 4.02. The average molecular weight is 452 g/mol. The number of ether oxygens (including phenoxy) is 2. The van der Waals surface area contributed by atoms with Crippen LogP contribution >= 0.6 is 11.3 Å². The molecule has 2 aromatic heterocycles. The van der Waals surface area contributed by atoms with E-state index in [9.17, 15) is 24.5 Å². The molecule has 0 bridgehead atoms. The van der Waals surface area contributed by atoms with Crippen LogP contribution in [0.2, 0.25) is 0 Å². The zero-order valence-electron chi connectivity index (χ0n) is 18.1. The zero-order valence-corrected chi connectivity index (χ0v) is 18.9. The van der Waals surface area contributed by atoms with Gasteiger partial charge in [-0.15, -0.1) is 11.3 Å². The van der Waals surface area contributed by atoms with E-state index in [0.717, 1.165) is 11.3 Å². The van der Waals surface area contributed by atoms with E-state index >= 15 is 0 Å². The molecule has 0 spiro atoms. The average Bonchev–Trinajstić information content (AvgIpc) is 3.10. The van der Waals surface area contributed by atoms with Crippen molar-refractivity contribution in [3.63, 3.8) is 0 Å². The number of carbonyl (C=O) groups is 3. The molecule has 2 aromatic rings. The van der Waals surface area contributed by atoms with Crippen LogP contribution in [0.3, 0.4) is 0 Å². The number of esters is 2. The van der Waals surface area contributed by atoms with Crippen molar-refractivity contribution in [3.8, 4) is 0 Å². The largest absolute Gasteiger partial charge is 0.462 e. The lowest BCUT2D eigenvalue weighted by Crippen LogP contribution is -2.21. The second-order valence-electron chi connectivity index (χ2n) is 6.92. The van der Waals surface area contributed by atoms with Gasteiger partial charge in [0, 0.05) is 0 Å². The van der Waals surface area contributed by atoms with E-state index in [1.165, 1.54) is 18.5 Å². The summed E-state index contributed by atoms with van der Waals surface area (Å²) in [5, 5.41) is 17.9. The lowest BCUT2D eigenvalue weighted by Gasteiger charge is -2.10. The summed E-state index contributed by atoms with van der Waals surface area (Å²) >= 11 is 0.901. The van der Waals surface area contributed by atoms with Gasteiger partial charge in [0.05, 0.1) is 23.2 Å². The maximum Gasteiger partial charge on any atom is 0.348 e. The van der Waals surface area contributed by atoms with Crippen molar-refractivity contribution < 1.29 is 28.8 Å². The third-order valence-electron chi connectivity index (χ3n) is 4.23. The van der Waals surface area contributed by atoms with E-state index < -0.39 is 28.9 Å². The summed E-state index contributed by atoms with van der Waals surface area (Å²) < 4.78 is 11.5. The predicted octanol–water partition coefficient (Wildman–Crippen LogP) is 3.16. The normalized spacial score (nSPS) is 10.8. The van der Waals surface area contributed by atoms with E-state index in [4.69, 9.17) is 9.47 Å². The first kappa shape index (κ1) is 24.0. The van der Waals surface area contributed by atoms with Crippen LogP contribution in [0.15, 0.2) is 0 Å². The molecule has 0 aliphatic carbocycles. The number of amides is 1. The van der Waals surface area contributed by atoms with Crippen molar-refractivity contribution in [2.75, 3.05) is 11.9 Å². The van der Waals surface area contributed by atoms with Gasteiger partial charge in [-0.25, -0.2) is 9.59 Å². The van der Waals surface area contributed by atoms with Crippen molar-refractivity contribution in [3.05, 3.63) is 37.5 Å². The Hall–Kier alpha value is -3.28. The number of carbonyl (C=O) groups excluding carboxylic acids is 3. The number of nitrogens with one attached hydrogen (secondary N) is 1. The minimum Gasteiger partial charge on any atom is -0.462 e. The number of nitrogens with zero attached hydrogens (tertiary/aromatic N) is 3. The summed E-state index contributed by atoms with van der Waals surface area (Å²) in [4.78, 5) is 48.3. The van der Waals surface area contributed by atoms with E-state index in [2.05, 4.69) is 10.4 Å². The SMILES string of the molecule is CCOC(=O)c1sc(NC(=O)Cn2nc(C)c([N+](=O)[O-])c2C)c(C(=O)OC(C)C)c1C. The second-order valence-corrected chi connectivity index (χ2v) is 7.94. The number of nitro groups is 1. The third-order valence-corrected chi connectivity index (χ3v) is 5.41. The van der Waals surface area contributed by atoms with Gasteiger partial charge in [0.25, 0.3) is 0 Å². The van der Waals surface area contributed by atoms with Crippen LogP contribution in [0.5, 0.6) is 0 Å². The molecule has 0 aliphatic heterocycles. The molecule has 0 radical (unpaired) electrons. The van der Waals surface area contributed by atoms with E-state index in [1.54, 1.807) is 27.7 Å². The van der Waals surface area contributed by atoms with E-state index in [1.807, 2.05) is 0 Å². The second kappa shape index (κ2) is 9.69. The van der Waals surface area contributed by atoms with Gasteiger partial charge in [0.2, 0.25) is 5.91 Å². The molecule has 12 heteroatoms. The highest BCUT2D eigenvalue weighted by Gasteiger charge is 2.29. The van der Waals surface area contributed by atoms with Crippen LogP contribution < -0.4 is 5.32 Å². The predicted molar refractivity (Wildman–Crippen MR) is 113 cm³/mol. The fourth-order valence-electron chi connectivity index (χ4n) is 2.92. The summed E-state index contributed by atoms with van der Waals surface area (Å²) in [5.41, 5.74) is 0.658. The smallest absolute Gasteiger partial charge is 0.348 e. The Morgan fingerprint density at radius 1 is 1.23 bits per heavy atom. The number of aryl methyl sites for hydroxylation is 1. The quantitative estimate of drug-likeness (QED) is 0.365. The number of hydrogen-bond donors (Lipinski definition) is 1. The van der Waals surface area contributed by atoms with Crippen LogP contribution in [0.4, 0.5) is 10.7 Å². The lowest BCUT2D eigenvalue weighted by atomic mass is 10.1. The Morgan fingerprint density at radius 2 is 1.87 bits per heavy atom. The molecular weight excluding hydrogens is 428 g/mol. The number of rotatable bonds is 8. The standard InChI is InChI=1S/C19H24N4O7S/c1-7-29-19(26)16-10(4)14(18(25)30-9(2)3)17(31-16)20-13(24)8-22-12(6)15(23(27)28)11(5)21-22/h9H,7-8H2,1-6H3,(H,20,24). The maximum absolute atomic E-state index is 12.6. The summed E-state index contributed by atoms with van der Waals surface area (Å²) in [6.07, 6.45) is -0.406. The van der Waals surface area contributed by atoms with Gasteiger partial charge in [-0.1, -0.05) is 0 Å². The topological polar surface area (TPSA) is 143 Å². The van der Waals surface area contributed by atoms with E-state index in [-0.39, 0.29) is 45.7 Å². The zero-order chi connectivity index (χ0) is 23.5. The highest BCUT2D eigenvalue weighted by atomic mass is 32.1. The number of anilines is 1. The molecule has 0 unspecified atom stereocenters. The van der Waals surface area contributed by atoms with Crippen molar-refractivity contribution in [2.45, 2.75) is 54.2 Å². The van der Waals surface area contributed by atoms with Gasteiger partial charge in [0.15, 0.2) is 0 Å². The van der Waals surface area contributed by atoms with Crippen molar-refractivity contribution >= 4 is 39.9 Å². The molecule has 168 valence electrons. The molecule has 0 fully saturated rings. The summed E-state index contributed by atoms with van der Waals surface area (Å²) in [6.45, 7) is 9.40. The Balaban J connectivity index is 2.36. The van der Waals surface area contributed by atoms with Crippen molar-refractivity contribution in [1.29, 1.82) is 0 Å². The Bertz CT molecular complexity index is 1040. The van der Waals surface area contributed by atoms with E-state index in [0.29, 0.717) is 5.56 Å². The number of aromatic nitrogens is 2. The molecule has 11 nitrogen and oxygen atoms in total. The minimum absolute atomic E-state index is 0.0643. The summed E-state index contributed by atoms with van der Waals surface area (Å²) in [5.74, 6) is -1.87. The molecule has 0 aromatic carbocycles. The van der Waals surface area contributed by atoms with Gasteiger partial charge < -0.3 is 14.8 Å². The molecule has 0 saturated heterocycles. The highest BCUT2D eigenvalue weighted by Crippen LogP contribution is 2.34. The Labute approximate surface area is 182 Å². The summed E-state index contributed by atoms with van der Waals surface area (Å²) in [6, 6.07) is 0. The molecule has 0 aliphatic rings. The van der Waals surface area contributed by atoms with Gasteiger partial charge in [-0.05, 0) is 47.1 Å². The number of hydrogen-bond acceptors (Lipinski definition) is 9. The fraction of sp³-hybridized carbons (Fsp3) is 0.474. The van der Waals surface area contributed by atoms with Gasteiger partial charge in [-0.2, -0.15) is 5.10 Å². The monoisotopic (exact) mass is 452 g/mol. The Kier molecular flexibility index (Phi) is 7.50. The Morgan fingerprint density at radius 3 is 2.39 bits per heavy atom. The summed E-state index contributed by atoms with van der Waals surface area (Å²) in [7, 11) is 0. The lowest BCUT2D eigenvalue weighted by molar-refractivity contribution is -0.386. The highest BCUT2D eigenvalue weighted by molar-refractivity contribution is 7.18. The molecule has 1 N–H and O–H groups in total. The maximum atomic E-state index is 12.6. The first-order valence-electron chi connectivity index (χ1n) is 9.47. The first-order chi connectivity index (χ1) is 14.5. The van der Waals surface area contributed by atoms with Crippen LogP contribution in [0.1, 0.15) is 57.8 Å². The van der Waals surface area contributed by atoms with Crippen LogP contribution in [0, 0.1) is 30.9 Å². The first-order valence-corrected chi connectivity index (χ1v) is 10.3. The van der Waals surface area contributed by atoms with Crippen molar-refractivity contribution in [2.24, 2.45) is 0 Å². The van der Waals surface area contributed by atoms with Gasteiger partial charge in [-0.3, -0.25) is 19.6 Å². The molecule has 31 heavy (non-hydrogen) atoms. The molecule has 0 saturated carbocycles.